The second-order valence-electron chi connectivity index (χ2n) is 7.54. The van der Waals surface area contributed by atoms with E-state index < -0.39 is 11.7 Å². The average molecular weight is 459 g/mol. The molecule has 1 aromatic carbocycles. The molecule has 0 radical (unpaired) electrons. The van der Waals surface area contributed by atoms with E-state index in [1.807, 2.05) is 23.1 Å². The fourth-order valence-electron chi connectivity index (χ4n) is 3.98. The normalized spacial score (nSPS) is 17.1. The Bertz CT molecular complexity index is 1270. The van der Waals surface area contributed by atoms with Crippen LogP contribution in [0.2, 0.25) is 5.02 Å². The number of halogens is 4. The van der Waals surface area contributed by atoms with Crippen molar-refractivity contribution in [3.8, 4) is 11.4 Å². The number of rotatable bonds is 3. The summed E-state index contributed by atoms with van der Waals surface area (Å²) in [6.45, 7) is 1.82. The van der Waals surface area contributed by atoms with Gasteiger partial charge in [0.05, 0.1) is 11.3 Å². The minimum atomic E-state index is -4.56. The first-order valence-electron chi connectivity index (χ1n) is 10.0. The average Bonchev–Trinajstić information content (AvgIpc) is 3.22. The SMILES string of the molecule is FC(F)(F)c1ccc(N2CCNC(c3cccc(Cl)c3)C2)nc1-c1[nH]nc2ncccc12. The highest BCUT2D eigenvalue weighted by atomic mass is 35.5. The topological polar surface area (TPSA) is 69.7 Å². The predicted octanol–water partition coefficient (Wildman–Crippen LogP) is 4.84. The molecule has 1 aliphatic rings. The zero-order valence-corrected chi connectivity index (χ0v) is 17.5. The van der Waals surface area contributed by atoms with Crippen LogP contribution in [0.1, 0.15) is 17.2 Å². The second-order valence-corrected chi connectivity index (χ2v) is 7.98. The molecule has 0 aliphatic carbocycles. The Kier molecular flexibility index (Phi) is 5.22. The Hall–Kier alpha value is -3.17. The van der Waals surface area contributed by atoms with Gasteiger partial charge in [-0.3, -0.25) is 5.10 Å². The van der Waals surface area contributed by atoms with E-state index in [4.69, 9.17) is 11.6 Å². The number of hydrogen-bond donors (Lipinski definition) is 2. The van der Waals surface area contributed by atoms with Gasteiger partial charge in [0.25, 0.3) is 0 Å². The largest absolute Gasteiger partial charge is 0.418 e. The molecule has 1 unspecified atom stereocenters. The van der Waals surface area contributed by atoms with Crippen LogP contribution in [-0.2, 0) is 6.18 Å². The monoisotopic (exact) mass is 458 g/mol. The van der Waals surface area contributed by atoms with E-state index in [1.165, 1.54) is 12.3 Å². The Labute approximate surface area is 186 Å². The lowest BCUT2D eigenvalue weighted by Gasteiger charge is -2.35. The zero-order chi connectivity index (χ0) is 22.3. The second kappa shape index (κ2) is 8.07. The highest BCUT2D eigenvalue weighted by Crippen LogP contribution is 2.38. The number of alkyl halides is 3. The third-order valence-corrected chi connectivity index (χ3v) is 5.74. The van der Waals surface area contributed by atoms with Crippen molar-refractivity contribution in [3.05, 3.63) is 70.9 Å². The van der Waals surface area contributed by atoms with Crippen LogP contribution in [0.25, 0.3) is 22.4 Å². The fraction of sp³-hybridized carbons (Fsp3) is 0.227. The summed E-state index contributed by atoms with van der Waals surface area (Å²) in [5.74, 6) is 0.466. The van der Waals surface area contributed by atoms with Crippen molar-refractivity contribution in [2.24, 2.45) is 0 Å². The Morgan fingerprint density at radius 2 is 1.97 bits per heavy atom. The number of hydrogen-bond acceptors (Lipinski definition) is 5. The van der Waals surface area contributed by atoms with Gasteiger partial charge in [-0.1, -0.05) is 23.7 Å². The van der Waals surface area contributed by atoms with Crippen LogP contribution < -0.4 is 10.2 Å². The first-order valence-corrected chi connectivity index (χ1v) is 10.4. The van der Waals surface area contributed by atoms with Gasteiger partial charge in [0.15, 0.2) is 5.65 Å². The summed E-state index contributed by atoms with van der Waals surface area (Å²) in [6, 6.07) is 13.4. The predicted molar refractivity (Wildman–Crippen MR) is 117 cm³/mol. The third kappa shape index (κ3) is 3.89. The van der Waals surface area contributed by atoms with Crippen molar-refractivity contribution in [1.82, 2.24) is 25.5 Å². The maximum absolute atomic E-state index is 13.8. The van der Waals surface area contributed by atoms with Gasteiger partial charge < -0.3 is 10.2 Å². The van der Waals surface area contributed by atoms with E-state index in [-0.39, 0.29) is 17.4 Å². The van der Waals surface area contributed by atoms with Crippen LogP contribution in [0.15, 0.2) is 54.7 Å². The van der Waals surface area contributed by atoms with E-state index in [2.05, 4.69) is 25.5 Å². The number of aromatic nitrogens is 4. The van der Waals surface area contributed by atoms with E-state index in [0.29, 0.717) is 41.5 Å². The molecule has 32 heavy (non-hydrogen) atoms. The lowest BCUT2D eigenvalue weighted by atomic mass is 10.0. The summed E-state index contributed by atoms with van der Waals surface area (Å²) in [5, 5.41) is 11.3. The van der Waals surface area contributed by atoms with Crippen LogP contribution in [0.5, 0.6) is 0 Å². The Morgan fingerprint density at radius 1 is 1.09 bits per heavy atom. The van der Waals surface area contributed by atoms with Crippen LogP contribution in [-0.4, -0.2) is 39.8 Å². The molecule has 0 bridgehead atoms. The lowest BCUT2D eigenvalue weighted by molar-refractivity contribution is -0.137. The van der Waals surface area contributed by atoms with E-state index in [9.17, 15) is 13.2 Å². The Balaban J connectivity index is 1.55. The van der Waals surface area contributed by atoms with Gasteiger partial charge in [0.2, 0.25) is 0 Å². The van der Waals surface area contributed by atoms with Gasteiger partial charge in [-0.25, -0.2) is 9.97 Å². The van der Waals surface area contributed by atoms with E-state index in [0.717, 1.165) is 11.6 Å². The number of nitrogens with zero attached hydrogens (tertiary/aromatic N) is 4. The number of piperazine rings is 1. The summed E-state index contributed by atoms with van der Waals surface area (Å²) in [6.07, 6.45) is -3.02. The molecular formula is C22H18ClF3N6. The first kappa shape index (κ1) is 20.7. The van der Waals surface area contributed by atoms with Gasteiger partial charge in [-0.2, -0.15) is 18.3 Å². The number of aromatic amines is 1. The quantitative estimate of drug-likeness (QED) is 0.459. The molecule has 1 saturated heterocycles. The molecule has 4 heterocycles. The molecule has 1 fully saturated rings. The van der Waals surface area contributed by atoms with Gasteiger partial charge in [0.1, 0.15) is 11.5 Å². The van der Waals surface area contributed by atoms with Crippen molar-refractivity contribution in [1.29, 1.82) is 0 Å². The van der Waals surface area contributed by atoms with E-state index >= 15 is 0 Å². The Morgan fingerprint density at radius 3 is 2.78 bits per heavy atom. The first-order chi connectivity index (χ1) is 15.4. The zero-order valence-electron chi connectivity index (χ0n) is 16.7. The minimum absolute atomic E-state index is 0.0211. The number of anilines is 1. The molecule has 164 valence electrons. The highest BCUT2D eigenvalue weighted by molar-refractivity contribution is 6.30. The molecule has 4 aromatic rings. The van der Waals surface area contributed by atoms with Crippen molar-refractivity contribution in [2.75, 3.05) is 24.5 Å². The van der Waals surface area contributed by atoms with Crippen LogP contribution in [0, 0.1) is 0 Å². The van der Waals surface area contributed by atoms with Crippen LogP contribution >= 0.6 is 11.6 Å². The van der Waals surface area contributed by atoms with Crippen molar-refractivity contribution < 1.29 is 13.2 Å². The summed E-state index contributed by atoms with van der Waals surface area (Å²) < 4.78 is 41.4. The van der Waals surface area contributed by atoms with E-state index in [1.54, 1.807) is 18.2 Å². The smallest absolute Gasteiger partial charge is 0.353 e. The molecule has 2 N–H and O–H groups in total. The maximum Gasteiger partial charge on any atom is 0.418 e. The third-order valence-electron chi connectivity index (χ3n) is 5.50. The molecule has 1 aliphatic heterocycles. The maximum atomic E-state index is 13.8. The molecular weight excluding hydrogens is 441 g/mol. The van der Waals surface area contributed by atoms with Gasteiger partial charge in [-0.15, -0.1) is 0 Å². The van der Waals surface area contributed by atoms with Gasteiger partial charge >= 0.3 is 6.18 Å². The van der Waals surface area contributed by atoms with Gasteiger partial charge in [0, 0.05) is 42.3 Å². The molecule has 0 amide bonds. The lowest BCUT2D eigenvalue weighted by Crippen LogP contribution is -2.46. The number of nitrogens with one attached hydrogen (secondary N) is 2. The van der Waals surface area contributed by atoms with Crippen LogP contribution in [0.4, 0.5) is 19.0 Å². The molecule has 1 atom stereocenters. The van der Waals surface area contributed by atoms with Crippen LogP contribution in [0.3, 0.4) is 0 Å². The molecule has 5 rings (SSSR count). The standard InChI is InChI=1S/C22H18ClF3N6/c23-14-4-1-3-13(11-14)17-12-32(10-9-27-17)18-7-6-16(22(24,25)26)20(29-18)19-15-5-2-8-28-21(15)31-30-19/h1-8,11,17,27H,9-10,12H2,(H,28,30,31). The highest BCUT2D eigenvalue weighted by Gasteiger charge is 2.36. The number of H-pyrrole nitrogens is 1. The van der Waals surface area contributed by atoms with Crippen molar-refractivity contribution in [2.45, 2.75) is 12.2 Å². The number of benzene rings is 1. The fourth-order valence-corrected chi connectivity index (χ4v) is 4.18. The van der Waals surface area contributed by atoms with Gasteiger partial charge in [-0.05, 0) is 42.0 Å². The number of pyridine rings is 2. The molecule has 0 spiro atoms. The molecule has 0 saturated carbocycles. The summed E-state index contributed by atoms with van der Waals surface area (Å²) >= 11 is 6.13. The molecule has 3 aromatic heterocycles. The van der Waals surface area contributed by atoms with Crippen molar-refractivity contribution in [3.63, 3.8) is 0 Å². The summed E-state index contributed by atoms with van der Waals surface area (Å²) in [7, 11) is 0. The molecule has 10 heteroatoms. The number of fused-ring (bicyclic) bond motifs is 1. The molecule has 6 nitrogen and oxygen atoms in total. The minimum Gasteiger partial charge on any atom is -0.353 e. The van der Waals surface area contributed by atoms with Crippen molar-refractivity contribution >= 4 is 28.5 Å². The summed E-state index contributed by atoms with van der Waals surface area (Å²) in [4.78, 5) is 10.5. The summed E-state index contributed by atoms with van der Waals surface area (Å²) in [5.41, 5.74) is 0.537.